The monoisotopic (exact) mass is 357 g/mol. The van der Waals surface area contributed by atoms with E-state index in [4.69, 9.17) is 10.5 Å². The molecule has 7 nitrogen and oxygen atoms in total. The molecule has 3 atom stereocenters. The third-order valence-corrected chi connectivity index (χ3v) is 5.82. The number of benzene rings is 1. The van der Waals surface area contributed by atoms with Gasteiger partial charge in [0, 0.05) is 38.4 Å². The van der Waals surface area contributed by atoms with Gasteiger partial charge in [-0.1, -0.05) is 18.2 Å². The molecule has 0 aliphatic carbocycles. The lowest BCUT2D eigenvalue weighted by atomic mass is 9.73. The number of nitrogens with two attached hydrogens (primary N) is 1. The molecule has 2 fully saturated rings. The Morgan fingerprint density at radius 2 is 2.08 bits per heavy atom. The van der Waals surface area contributed by atoms with Crippen LogP contribution in [0.15, 0.2) is 24.3 Å². The van der Waals surface area contributed by atoms with Gasteiger partial charge in [0.25, 0.3) is 0 Å². The lowest BCUT2D eigenvalue weighted by molar-refractivity contribution is -0.176. The molecule has 1 aromatic rings. The maximum Gasteiger partial charge on any atom is 0.238 e. The number of rotatable bonds is 4. The molecule has 3 aliphatic rings. The maximum absolute atomic E-state index is 13.1. The Bertz CT molecular complexity index is 780. The minimum Gasteiger partial charge on any atom is -0.468 e. The summed E-state index contributed by atoms with van der Waals surface area (Å²) >= 11 is 0. The number of hydrogen-bond acceptors (Lipinski definition) is 4. The van der Waals surface area contributed by atoms with Crippen LogP contribution >= 0.6 is 0 Å². The molecule has 7 heteroatoms. The van der Waals surface area contributed by atoms with Gasteiger partial charge in [-0.25, -0.2) is 0 Å². The fourth-order valence-corrected chi connectivity index (χ4v) is 4.54. The van der Waals surface area contributed by atoms with E-state index in [0.29, 0.717) is 38.2 Å². The van der Waals surface area contributed by atoms with E-state index < -0.39 is 17.6 Å². The first-order chi connectivity index (χ1) is 12.4. The Morgan fingerprint density at radius 3 is 2.77 bits per heavy atom. The number of piperidine rings is 1. The van der Waals surface area contributed by atoms with Crippen LogP contribution < -0.4 is 10.5 Å². The van der Waals surface area contributed by atoms with Crippen molar-refractivity contribution in [2.75, 3.05) is 19.6 Å². The summed E-state index contributed by atoms with van der Waals surface area (Å²) in [7, 11) is 0. The van der Waals surface area contributed by atoms with E-state index in [2.05, 4.69) is 0 Å². The molecular formula is C19H23N3O4. The summed E-state index contributed by atoms with van der Waals surface area (Å²) in [5, 5.41) is 0. The number of ether oxygens (including phenoxy) is 1. The van der Waals surface area contributed by atoms with Crippen LogP contribution in [0.2, 0.25) is 0 Å². The number of carbonyl (C=O) groups excluding carboxylic acids is 3. The molecule has 0 unspecified atom stereocenters. The number of primary amides is 1. The molecule has 3 aliphatic heterocycles. The quantitative estimate of drug-likeness (QED) is 0.808. The van der Waals surface area contributed by atoms with Gasteiger partial charge in [0.05, 0.1) is 0 Å². The van der Waals surface area contributed by atoms with Gasteiger partial charge in [0.1, 0.15) is 11.7 Å². The van der Waals surface area contributed by atoms with Crippen molar-refractivity contribution in [1.29, 1.82) is 0 Å². The van der Waals surface area contributed by atoms with Crippen LogP contribution in [-0.4, -0.2) is 52.9 Å². The zero-order valence-electron chi connectivity index (χ0n) is 14.8. The van der Waals surface area contributed by atoms with Gasteiger partial charge in [-0.3, -0.25) is 14.4 Å². The second-order valence-electron chi connectivity index (χ2n) is 7.48. The predicted molar refractivity (Wildman–Crippen MR) is 93.0 cm³/mol. The van der Waals surface area contributed by atoms with Crippen LogP contribution in [0.4, 0.5) is 0 Å². The SMILES string of the molecule is C[C@@]12C[C@@H](c3ccccc3O1)[C@@H](C(N)=O)C(=O)N2CCN1CCCC1=O. The largest absolute Gasteiger partial charge is 0.468 e. The van der Waals surface area contributed by atoms with Gasteiger partial charge < -0.3 is 20.3 Å². The lowest BCUT2D eigenvalue weighted by Gasteiger charge is -2.52. The standard InChI is InChI=1S/C19H23N3O4/c1-19-11-13(12-5-2-3-6-14(12)26-19)16(17(20)24)18(25)22(19)10-9-21-8-4-7-15(21)23/h2-3,5-6,13,16H,4,7-11H2,1H3,(H2,20,24)/t13-,16-,19-/m0/s1. The highest BCUT2D eigenvalue weighted by Crippen LogP contribution is 2.49. The van der Waals surface area contributed by atoms with E-state index in [0.717, 1.165) is 12.0 Å². The number of amides is 3. The summed E-state index contributed by atoms with van der Waals surface area (Å²) in [6.07, 6.45) is 1.91. The molecule has 0 radical (unpaired) electrons. The molecule has 1 aromatic carbocycles. The highest BCUT2D eigenvalue weighted by atomic mass is 16.5. The van der Waals surface area contributed by atoms with Crippen molar-refractivity contribution in [1.82, 2.24) is 9.80 Å². The first kappa shape index (κ1) is 16.9. The molecule has 2 bridgehead atoms. The van der Waals surface area contributed by atoms with Crippen molar-refractivity contribution in [2.24, 2.45) is 11.7 Å². The Morgan fingerprint density at radius 1 is 1.31 bits per heavy atom. The summed E-state index contributed by atoms with van der Waals surface area (Å²) in [6, 6.07) is 7.49. The van der Waals surface area contributed by atoms with Gasteiger partial charge in [0.2, 0.25) is 17.7 Å². The summed E-state index contributed by atoms with van der Waals surface area (Å²) in [4.78, 5) is 40.5. The molecule has 0 spiro atoms. The first-order valence-corrected chi connectivity index (χ1v) is 9.07. The van der Waals surface area contributed by atoms with Crippen molar-refractivity contribution in [3.8, 4) is 5.75 Å². The smallest absolute Gasteiger partial charge is 0.238 e. The van der Waals surface area contributed by atoms with Crippen LogP contribution in [0.25, 0.3) is 0 Å². The zero-order valence-corrected chi connectivity index (χ0v) is 14.8. The van der Waals surface area contributed by atoms with E-state index in [-0.39, 0.29) is 17.7 Å². The topological polar surface area (TPSA) is 92.9 Å². The molecule has 3 amide bonds. The van der Waals surface area contributed by atoms with Crippen molar-refractivity contribution < 1.29 is 19.1 Å². The normalized spacial score (nSPS) is 30.2. The summed E-state index contributed by atoms with van der Waals surface area (Å²) in [5.41, 5.74) is 5.62. The van der Waals surface area contributed by atoms with Crippen LogP contribution in [0.5, 0.6) is 5.75 Å². The molecule has 0 aromatic heterocycles. The fraction of sp³-hybridized carbons (Fsp3) is 0.526. The zero-order chi connectivity index (χ0) is 18.5. The minimum absolute atomic E-state index is 0.110. The number of carbonyl (C=O) groups is 3. The number of fused-ring (bicyclic) bond motifs is 4. The Balaban J connectivity index is 1.66. The fourth-order valence-electron chi connectivity index (χ4n) is 4.54. The molecular weight excluding hydrogens is 334 g/mol. The lowest BCUT2D eigenvalue weighted by Crippen LogP contribution is -2.65. The molecule has 2 N–H and O–H groups in total. The van der Waals surface area contributed by atoms with Crippen molar-refractivity contribution in [3.05, 3.63) is 29.8 Å². The number of para-hydroxylation sites is 1. The molecule has 26 heavy (non-hydrogen) atoms. The van der Waals surface area contributed by atoms with Gasteiger partial charge in [0.15, 0.2) is 5.72 Å². The van der Waals surface area contributed by atoms with E-state index >= 15 is 0 Å². The van der Waals surface area contributed by atoms with Crippen molar-refractivity contribution in [3.63, 3.8) is 0 Å². The van der Waals surface area contributed by atoms with Crippen molar-refractivity contribution in [2.45, 2.75) is 37.8 Å². The van der Waals surface area contributed by atoms with E-state index in [9.17, 15) is 14.4 Å². The van der Waals surface area contributed by atoms with Crippen LogP contribution in [0.3, 0.4) is 0 Å². The van der Waals surface area contributed by atoms with Gasteiger partial charge >= 0.3 is 0 Å². The third-order valence-electron chi connectivity index (χ3n) is 5.82. The number of hydrogen-bond donors (Lipinski definition) is 1. The second kappa shape index (κ2) is 6.00. The molecule has 0 saturated carbocycles. The van der Waals surface area contributed by atoms with Crippen LogP contribution in [-0.2, 0) is 14.4 Å². The third kappa shape index (κ3) is 2.53. The predicted octanol–water partition coefficient (Wildman–Crippen LogP) is 0.835. The van der Waals surface area contributed by atoms with Gasteiger partial charge in [-0.2, -0.15) is 0 Å². The van der Waals surface area contributed by atoms with E-state index in [1.54, 1.807) is 9.80 Å². The minimum atomic E-state index is -0.901. The van der Waals surface area contributed by atoms with Crippen LogP contribution in [0, 0.1) is 5.92 Å². The Labute approximate surface area is 152 Å². The number of nitrogens with zero attached hydrogens (tertiary/aromatic N) is 2. The first-order valence-electron chi connectivity index (χ1n) is 9.07. The summed E-state index contributed by atoms with van der Waals surface area (Å²) in [5.74, 6) is -1.30. The highest BCUT2D eigenvalue weighted by Gasteiger charge is 2.55. The Kier molecular flexibility index (Phi) is 3.89. The van der Waals surface area contributed by atoms with Gasteiger partial charge in [-0.05, 0) is 25.0 Å². The summed E-state index contributed by atoms with van der Waals surface area (Å²) < 4.78 is 6.19. The van der Waals surface area contributed by atoms with Crippen molar-refractivity contribution >= 4 is 17.7 Å². The van der Waals surface area contributed by atoms with Gasteiger partial charge in [-0.15, -0.1) is 0 Å². The summed E-state index contributed by atoms with van der Waals surface area (Å²) in [6.45, 7) is 3.36. The second-order valence-corrected chi connectivity index (χ2v) is 7.48. The van der Waals surface area contributed by atoms with E-state index in [1.165, 1.54) is 0 Å². The average Bonchev–Trinajstić information content (AvgIpc) is 2.99. The molecule has 2 saturated heterocycles. The van der Waals surface area contributed by atoms with Crippen LogP contribution in [0.1, 0.15) is 37.7 Å². The highest BCUT2D eigenvalue weighted by molar-refractivity contribution is 6.01. The maximum atomic E-state index is 13.1. The molecule has 3 heterocycles. The number of likely N-dealkylation sites (tertiary alicyclic amines) is 2. The van der Waals surface area contributed by atoms with E-state index in [1.807, 2.05) is 31.2 Å². The molecule has 138 valence electrons. The molecule has 4 rings (SSSR count). The Hall–Kier alpha value is -2.57. The average molecular weight is 357 g/mol.